The zero-order chi connectivity index (χ0) is 21.8. The number of hydrogen-bond donors (Lipinski definition) is 1. The maximum Gasteiger partial charge on any atom is 0.333 e. The van der Waals surface area contributed by atoms with Crippen LogP contribution in [0.25, 0.3) is 6.08 Å². The fraction of sp³-hybridized carbons (Fsp3) is 0.318. The number of ether oxygens (including phenoxy) is 2. The van der Waals surface area contributed by atoms with Gasteiger partial charge < -0.3 is 14.6 Å². The molecule has 0 bridgehead atoms. The molecular formula is C22H30O6. The highest BCUT2D eigenvalue weighted by Crippen LogP contribution is 1.97. The van der Waals surface area contributed by atoms with Crippen molar-refractivity contribution in [3.8, 4) is 0 Å². The zero-order valence-electron chi connectivity index (χ0n) is 16.7. The van der Waals surface area contributed by atoms with E-state index in [2.05, 4.69) is 31.4 Å². The summed E-state index contributed by atoms with van der Waals surface area (Å²) >= 11 is 0. The third-order valence-electron chi connectivity index (χ3n) is 2.84. The van der Waals surface area contributed by atoms with Crippen LogP contribution >= 0.6 is 0 Å². The lowest BCUT2D eigenvalue weighted by molar-refractivity contribution is -0.143. The molecule has 0 saturated carbocycles. The highest BCUT2D eigenvalue weighted by molar-refractivity contribution is 5.86. The SMILES string of the molecule is C=C(C)C(=O)OCCCC.C=CC(=O)OCCC(=O)O.C=Cc1ccccc1. The molecule has 6 heteroatoms. The molecule has 0 aliphatic carbocycles. The molecule has 6 nitrogen and oxygen atoms in total. The van der Waals surface area contributed by atoms with E-state index >= 15 is 0 Å². The van der Waals surface area contributed by atoms with E-state index in [4.69, 9.17) is 9.84 Å². The minimum Gasteiger partial charge on any atom is -0.481 e. The quantitative estimate of drug-likeness (QED) is 0.381. The molecule has 1 aromatic carbocycles. The third-order valence-corrected chi connectivity index (χ3v) is 2.84. The second-order valence-corrected chi connectivity index (χ2v) is 5.40. The number of rotatable bonds is 9. The van der Waals surface area contributed by atoms with Gasteiger partial charge in [0.1, 0.15) is 6.61 Å². The molecule has 0 radical (unpaired) electrons. The van der Waals surface area contributed by atoms with Crippen molar-refractivity contribution in [1.82, 2.24) is 0 Å². The second-order valence-electron chi connectivity index (χ2n) is 5.40. The molecule has 0 spiro atoms. The van der Waals surface area contributed by atoms with Crippen LogP contribution in [0, 0.1) is 0 Å². The van der Waals surface area contributed by atoms with E-state index in [0.29, 0.717) is 12.2 Å². The molecule has 0 unspecified atom stereocenters. The van der Waals surface area contributed by atoms with E-state index in [1.807, 2.05) is 36.4 Å². The van der Waals surface area contributed by atoms with Crippen molar-refractivity contribution in [2.45, 2.75) is 33.1 Å². The van der Waals surface area contributed by atoms with E-state index in [1.54, 1.807) is 6.92 Å². The fourth-order valence-corrected chi connectivity index (χ4v) is 1.32. The first kappa shape index (κ1) is 27.1. The number of carbonyl (C=O) groups is 3. The fourth-order valence-electron chi connectivity index (χ4n) is 1.32. The number of esters is 2. The average Bonchev–Trinajstić information content (AvgIpc) is 2.69. The Labute approximate surface area is 167 Å². The van der Waals surface area contributed by atoms with Gasteiger partial charge in [-0.25, -0.2) is 9.59 Å². The minimum absolute atomic E-state index is 0.0970. The summed E-state index contributed by atoms with van der Waals surface area (Å²) in [7, 11) is 0. The van der Waals surface area contributed by atoms with Crippen molar-refractivity contribution in [3.63, 3.8) is 0 Å². The lowest BCUT2D eigenvalue weighted by Crippen LogP contribution is -2.06. The Morgan fingerprint density at radius 3 is 2.07 bits per heavy atom. The lowest BCUT2D eigenvalue weighted by Gasteiger charge is -2.01. The number of carboxylic acid groups (broad SMARTS) is 1. The molecule has 1 rings (SSSR count). The largest absolute Gasteiger partial charge is 0.481 e. The van der Waals surface area contributed by atoms with Gasteiger partial charge in [-0.05, 0) is 18.9 Å². The van der Waals surface area contributed by atoms with Crippen molar-refractivity contribution < 1.29 is 29.0 Å². The van der Waals surface area contributed by atoms with Crippen molar-refractivity contribution in [2.24, 2.45) is 0 Å². The van der Waals surface area contributed by atoms with Crippen LogP contribution in [0.2, 0.25) is 0 Å². The van der Waals surface area contributed by atoms with Gasteiger partial charge in [0.2, 0.25) is 0 Å². The summed E-state index contributed by atoms with van der Waals surface area (Å²) in [5.41, 5.74) is 1.64. The summed E-state index contributed by atoms with van der Waals surface area (Å²) < 4.78 is 9.17. The molecule has 1 N–H and O–H groups in total. The number of unbranched alkanes of at least 4 members (excludes halogenated alkanes) is 1. The van der Waals surface area contributed by atoms with Crippen molar-refractivity contribution in [1.29, 1.82) is 0 Å². The summed E-state index contributed by atoms with van der Waals surface area (Å²) in [6.45, 7) is 14.3. The van der Waals surface area contributed by atoms with Gasteiger partial charge in [0.25, 0.3) is 0 Å². The minimum atomic E-state index is -0.989. The third kappa shape index (κ3) is 19.2. The molecule has 0 heterocycles. The van der Waals surface area contributed by atoms with Gasteiger partial charge >= 0.3 is 17.9 Å². The van der Waals surface area contributed by atoms with Crippen LogP contribution in [0.15, 0.2) is 61.7 Å². The van der Waals surface area contributed by atoms with Crippen LogP contribution in [0.3, 0.4) is 0 Å². The van der Waals surface area contributed by atoms with Gasteiger partial charge in [0.15, 0.2) is 0 Å². The number of aliphatic carboxylic acids is 1. The van der Waals surface area contributed by atoms with Crippen LogP contribution < -0.4 is 0 Å². The van der Waals surface area contributed by atoms with Crippen LogP contribution in [-0.4, -0.2) is 36.2 Å². The molecule has 0 amide bonds. The smallest absolute Gasteiger partial charge is 0.333 e. The predicted molar refractivity (Wildman–Crippen MR) is 111 cm³/mol. The van der Waals surface area contributed by atoms with E-state index in [1.165, 1.54) is 5.56 Å². The van der Waals surface area contributed by atoms with Gasteiger partial charge in [-0.1, -0.05) is 69.5 Å². The van der Waals surface area contributed by atoms with Crippen LogP contribution in [0.4, 0.5) is 0 Å². The van der Waals surface area contributed by atoms with Crippen molar-refractivity contribution in [2.75, 3.05) is 13.2 Å². The molecule has 0 atom stereocenters. The lowest BCUT2D eigenvalue weighted by atomic mass is 10.2. The molecule has 28 heavy (non-hydrogen) atoms. The Morgan fingerprint density at radius 1 is 1.07 bits per heavy atom. The van der Waals surface area contributed by atoms with Crippen LogP contribution in [0.5, 0.6) is 0 Å². The highest BCUT2D eigenvalue weighted by atomic mass is 16.5. The van der Waals surface area contributed by atoms with Crippen LogP contribution in [-0.2, 0) is 23.9 Å². The summed E-state index contributed by atoms with van der Waals surface area (Å²) in [6, 6.07) is 10.0. The highest BCUT2D eigenvalue weighted by Gasteiger charge is 2.00. The summed E-state index contributed by atoms with van der Waals surface area (Å²) in [6.07, 6.45) is 4.63. The zero-order valence-corrected chi connectivity index (χ0v) is 16.7. The van der Waals surface area contributed by atoms with Gasteiger partial charge in [-0.3, -0.25) is 4.79 Å². The first-order chi connectivity index (χ1) is 13.3. The number of carbonyl (C=O) groups excluding carboxylic acids is 2. The summed E-state index contributed by atoms with van der Waals surface area (Å²) in [5.74, 6) is -1.87. The number of hydrogen-bond acceptors (Lipinski definition) is 5. The summed E-state index contributed by atoms with van der Waals surface area (Å²) in [4.78, 5) is 30.8. The summed E-state index contributed by atoms with van der Waals surface area (Å²) in [5, 5.41) is 8.08. The van der Waals surface area contributed by atoms with Crippen LogP contribution in [0.1, 0.15) is 38.7 Å². The van der Waals surface area contributed by atoms with Gasteiger partial charge in [0.05, 0.1) is 13.0 Å². The normalized spacial score (nSPS) is 8.64. The maximum atomic E-state index is 10.7. The predicted octanol–water partition coefficient (Wildman–Crippen LogP) is 4.43. The molecule has 0 aliphatic heterocycles. The van der Waals surface area contributed by atoms with Crippen molar-refractivity contribution >= 4 is 24.0 Å². The Bertz CT molecular complexity index is 619. The Kier molecular flexibility index (Phi) is 18.0. The average molecular weight is 390 g/mol. The monoisotopic (exact) mass is 390 g/mol. The van der Waals surface area contributed by atoms with Crippen molar-refractivity contribution in [3.05, 3.63) is 67.3 Å². The van der Waals surface area contributed by atoms with E-state index in [9.17, 15) is 14.4 Å². The van der Waals surface area contributed by atoms with E-state index in [0.717, 1.165) is 18.9 Å². The maximum absolute atomic E-state index is 10.7. The molecule has 0 aromatic heterocycles. The Hall–Kier alpha value is -3.15. The molecule has 1 aromatic rings. The molecule has 0 saturated heterocycles. The van der Waals surface area contributed by atoms with Gasteiger partial charge in [-0.2, -0.15) is 0 Å². The number of benzene rings is 1. The molecule has 0 aliphatic rings. The first-order valence-corrected chi connectivity index (χ1v) is 8.79. The molecule has 154 valence electrons. The standard InChI is InChI=1S/C8H14O2.C8H8.C6H8O4/c1-4-5-6-10-8(9)7(2)3;1-2-8-6-4-3-5-7-8;1-2-6(9)10-4-3-5(7)8/h2,4-6H2,1,3H3;2-7H,1H2;2H,1,3-4H2,(H,7,8). The van der Waals surface area contributed by atoms with Gasteiger partial charge in [0, 0.05) is 11.6 Å². The Balaban J connectivity index is 0. The molecular weight excluding hydrogens is 360 g/mol. The van der Waals surface area contributed by atoms with E-state index in [-0.39, 0.29) is 19.0 Å². The molecule has 0 fully saturated rings. The van der Waals surface area contributed by atoms with E-state index < -0.39 is 11.9 Å². The topological polar surface area (TPSA) is 89.9 Å². The first-order valence-electron chi connectivity index (χ1n) is 8.79. The number of carboxylic acids is 1. The Morgan fingerprint density at radius 2 is 1.68 bits per heavy atom. The van der Waals surface area contributed by atoms with Gasteiger partial charge in [-0.15, -0.1) is 0 Å². The second kappa shape index (κ2) is 18.6.